The van der Waals surface area contributed by atoms with Gasteiger partial charge in [-0.1, -0.05) is 25.2 Å². The second kappa shape index (κ2) is 6.03. The van der Waals surface area contributed by atoms with Crippen molar-refractivity contribution in [3.8, 4) is 0 Å². The second-order valence-corrected chi connectivity index (χ2v) is 5.75. The van der Waals surface area contributed by atoms with Crippen LogP contribution in [0.15, 0.2) is 23.8 Å². The number of hydrogen-bond donors (Lipinski definition) is 0. The lowest BCUT2D eigenvalue weighted by atomic mass is 9.81. The Balaban J connectivity index is 2.10. The first-order chi connectivity index (χ1) is 8.68. The third-order valence-corrected chi connectivity index (χ3v) is 4.20. The SMILES string of the molecule is CCC1CCCC(C)(C2=CC(COC)CC=C2)O1. The molecule has 0 radical (unpaired) electrons. The number of hydrogen-bond acceptors (Lipinski definition) is 2. The van der Waals surface area contributed by atoms with Gasteiger partial charge in [0.25, 0.3) is 0 Å². The molecule has 2 heteroatoms. The minimum Gasteiger partial charge on any atom is -0.384 e. The average Bonchev–Trinajstić information content (AvgIpc) is 2.39. The molecule has 3 unspecified atom stereocenters. The van der Waals surface area contributed by atoms with Crippen molar-refractivity contribution in [1.82, 2.24) is 0 Å². The third kappa shape index (κ3) is 3.04. The van der Waals surface area contributed by atoms with Crippen molar-refractivity contribution in [2.75, 3.05) is 13.7 Å². The van der Waals surface area contributed by atoms with Crippen LogP contribution in [0.2, 0.25) is 0 Å². The Kier molecular flexibility index (Phi) is 4.63. The molecule has 0 N–H and O–H groups in total. The number of allylic oxidation sites excluding steroid dienone is 1. The van der Waals surface area contributed by atoms with Gasteiger partial charge in [0.1, 0.15) is 0 Å². The predicted octanol–water partition coefficient (Wildman–Crippen LogP) is 3.87. The van der Waals surface area contributed by atoms with Gasteiger partial charge in [-0.3, -0.25) is 0 Å². The van der Waals surface area contributed by atoms with Crippen molar-refractivity contribution in [2.24, 2.45) is 5.92 Å². The van der Waals surface area contributed by atoms with E-state index >= 15 is 0 Å². The molecule has 0 aromatic rings. The summed E-state index contributed by atoms with van der Waals surface area (Å²) in [5.74, 6) is 0.512. The van der Waals surface area contributed by atoms with Crippen LogP contribution in [0.25, 0.3) is 0 Å². The highest BCUT2D eigenvalue weighted by molar-refractivity contribution is 5.32. The van der Waals surface area contributed by atoms with Gasteiger partial charge in [0.05, 0.1) is 18.3 Å². The molecule has 1 aliphatic carbocycles. The zero-order chi connectivity index (χ0) is 13.0. The molecule has 0 aromatic carbocycles. The van der Waals surface area contributed by atoms with Crippen LogP contribution in [0.4, 0.5) is 0 Å². The standard InChI is InChI=1S/C16H26O2/c1-4-15-9-6-10-16(2,18-15)14-8-5-7-13(11-14)12-17-3/h5,8,11,13,15H,4,6-7,9-10,12H2,1-3H3. The fraction of sp³-hybridized carbons (Fsp3) is 0.750. The topological polar surface area (TPSA) is 18.5 Å². The largest absolute Gasteiger partial charge is 0.384 e. The van der Waals surface area contributed by atoms with E-state index in [0.29, 0.717) is 12.0 Å². The van der Waals surface area contributed by atoms with Gasteiger partial charge in [-0.2, -0.15) is 0 Å². The summed E-state index contributed by atoms with van der Waals surface area (Å²) < 4.78 is 11.6. The third-order valence-electron chi connectivity index (χ3n) is 4.20. The Labute approximate surface area is 111 Å². The Bertz CT molecular complexity index is 332. The number of methoxy groups -OCH3 is 1. The zero-order valence-electron chi connectivity index (χ0n) is 11.9. The molecule has 0 saturated carbocycles. The number of rotatable bonds is 4. The normalized spacial score (nSPS) is 36.5. The molecule has 2 nitrogen and oxygen atoms in total. The molecule has 2 aliphatic rings. The molecule has 1 heterocycles. The molecule has 1 fully saturated rings. The van der Waals surface area contributed by atoms with E-state index in [9.17, 15) is 0 Å². The highest BCUT2D eigenvalue weighted by Gasteiger charge is 2.35. The second-order valence-electron chi connectivity index (χ2n) is 5.75. The lowest BCUT2D eigenvalue weighted by Gasteiger charge is -2.40. The minimum absolute atomic E-state index is 0.0815. The van der Waals surface area contributed by atoms with Gasteiger partial charge in [0.2, 0.25) is 0 Å². The van der Waals surface area contributed by atoms with Gasteiger partial charge in [0.15, 0.2) is 0 Å². The maximum Gasteiger partial charge on any atom is 0.0904 e. The van der Waals surface area contributed by atoms with E-state index in [1.165, 1.54) is 18.4 Å². The van der Waals surface area contributed by atoms with Crippen LogP contribution < -0.4 is 0 Å². The van der Waals surface area contributed by atoms with Gasteiger partial charge in [-0.25, -0.2) is 0 Å². The fourth-order valence-corrected chi connectivity index (χ4v) is 3.08. The lowest BCUT2D eigenvalue weighted by Crippen LogP contribution is -2.39. The molecule has 1 saturated heterocycles. The molecule has 2 rings (SSSR count). The van der Waals surface area contributed by atoms with Gasteiger partial charge in [-0.15, -0.1) is 0 Å². The first kappa shape index (κ1) is 13.8. The molecular weight excluding hydrogens is 224 g/mol. The molecule has 0 spiro atoms. The highest BCUT2D eigenvalue weighted by Crippen LogP contribution is 2.38. The van der Waals surface area contributed by atoms with Crippen molar-refractivity contribution in [1.29, 1.82) is 0 Å². The van der Waals surface area contributed by atoms with Crippen LogP contribution in [-0.2, 0) is 9.47 Å². The Morgan fingerprint density at radius 3 is 3.06 bits per heavy atom. The van der Waals surface area contributed by atoms with Crippen LogP contribution in [0.1, 0.15) is 46.0 Å². The van der Waals surface area contributed by atoms with E-state index in [-0.39, 0.29) is 5.60 Å². The quantitative estimate of drug-likeness (QED) is 0.754. The summed E-state index contributed by atoms with van der Waals surface area (Å²) in [4.78, 5) is 0. The van der Waals surface area contributed by atoms with Crippen molar-refractivity contribution < 1.29 is 9.47 Å². The summed E-state index contributed by atoms with van der Waals surface area (Å²) in [5.41, 5.74) is 1.27. The molecule has 1 aliphatic heterocycles. The summed E-state index contributed by atoms with van der Waals surface area (Å²) in [6.45, 7) is 5.27. The molecule has 0 bridgehead atoms. The van der Waals surface area contributed by atoms with Crippen molar-refractivity contribution in [3.05, 3.63) is 23.8 Å². The molecule has 3 atom stereocenters. The Morgan fingerprint density at radius 1 is 1.50 bits per heavy atom. The molecular formula is C16H26O2. The Hall–Kier alpha value is -0.600. The number of ether oxygens (including phenoxy) is 2. The monoisotopic (exact) mass is 250 g/mol. The van der Waals surface area contributed by atoms with Crippen LogP contribution in [0.5, 0.6) is 0 Å². The lowest BCUT2D eigenvalue weighted by molar-refractivity contribution is -0.0944. The summed E-state index contributed by atoms with van der Waals surface area (Å²) in [7, 11) is 1.78. The van der Waals surface area contributed by atoms with Gasteiger partial charge < -0.3 is 9.47 Å². The first-order valence-corrected chi connectivity index (χ1v) is 7.23. The van der Waals surface area contributed by atoms with Gasteiger partial charge >= 0.3 is 0 Å². The summed E-state index contributed by atoms with van der Waals surface area (Å²) in [6, 6.07) is 0. The fourth-order valence-electron chi connectivity index (χ4n) is 3.08. The smallest absolute Gasteiger partial charge is 0.0904 e. The van der Waals surface area contributed by atoms with Crippen molar-refractivity contribution in [2.45, 2.75) is 57.7 Å². The van der Waals surface area contributed by atoms with Crippen LogP contribution in [-0.4, -0.2) is 25.4 Å². The van der Waals surface area contributed by atoms with Crippen molar-refractivity contribution >= 4 is 0 Å². The predicted molar refractivity (Wildman–Crippen MR) is 74.6 cm³/mol. The van der Waals surface area contributed by atoms with E-state index in [1.54, 1.807) is 7.11 Å². The van der Waals surface area contributed by atoms with Crippen molar-refractivity contribution in [3.63, 3.8) is 0 Å². The minimum atomic E-state index is -0.0815. The average molecular weight is 250 g/mol. The van der Waals surface area contributed by atoms with E-state index in [1.807, 2.05) is 0 Å². The molecule has 0 aromatic heterocycles. The molecule has 102 valence electrons. The molecule has 18 heavy (non-hydrogen) atoms. The van der Waals surface area contributed by atoms with Gasteiger partial charge in [-0.05, 0) is 44.6 Å². The van der Waals surface area contributed by atoms with Crippen LogP contribution in [0, 0.1) is 5.92 Å². The van der Waals surface area contributed by atoms with E-state index in [0.717, 1.165) is 25.9 Å². The zero-order valence-corrected chi connectivity index (χ0v) is 11.9. The maximum absolute atomic E-state index is 6.33. The molecule has 0 amide bonds. The van der Waals surface area contributed by atoms with Crippen LogP contribution >= 0.6 is 0 Å². The Morgan fingerprint density at radius 2 is 2.33 bits per heavy atom. The first-order valence-electron chi connectivity index (χ1n) is 7.23. The summed E-state index contributed by atoms with van der Waals surface area (Å²) >= 11 is 0. The van der Waals surface area contributed by atoms with Gasteiger partial charge in [0, 0.05) is 13.0 Å². The maximum atomic E-state index is 6.33. The van der Waals surface area contributed by atoms with E-state index in [4.69, 9.17) is 9.47 Å². The summed E-state index contributed by atoms with van der Waals surface area (Å²) in [5, 5.41) is 0. The van der Waals surface area contributed by atoms with Crippen LogP contribution in [0.3, 0.4) is 0 Å². The van der Waals surface area contributed by atoms with E-state index in [2.05, 4.69) is 32.1 Å². The summed E-state index contributed by atoms with van der Waals surface area (Å²) in [6.07, 6.45) is 13.1. The van der Waals surface area contributed by atoms with E-state index < -0.39 is 0 Å². The highest BCUT2D eigenvalue weighted by atomic mass is 16.5.